The highest BCUT2D eigenvalue weighted by Gasteiger charge is 2.24. The number of hydrogen-bond donors (Lipinski definition) is 0. The third-order valence-electron chi connectivity index (χ3n) is 6.96. The summed E-state index contributed by atoms with van der Waals surface area (Å²) in [5.41, 5.74) is 4.92. The van der Waals surface area contributed by atoms with E-state index in [9.17, 15) is 0 Å². The maximum absolute atomic E-state index is 5.34. The van der Waals surface area contributed by atoms with Gasteiger partial charge in [0.25, 0.3) is 0 Å². The zero-order valence-electron chi connectivity index (χ0n) is 21.1. The third kappa shape index (κ3) is 3.87. The van der Waals surface area contributed by atoms with Crippen LogP contribution in [0.15, 0.2) is 78.9 Å². The molecule has 35 heavy (non-hydrogen) atoms. The highest BCUT2D eigenvalue weighted by Crippen LogP contribution is 2.41. The molecule has 0 radical (unpaired) electrons. The molecule has 4 aromatic carbocycles. The normalized spacial score (nSPS) is 12.5. The first-order valence-electron chi connectivity index (χ1n) is 12.6. The Morgan fingerprint density at radius 1 is 0.800 bits per heavy atom. The van der Waals surface area contributed by atoms with Gasteiger partial charge in [-0.3, -0.25) is 0 Å². The number of benzene rings is 4. The van der Waals surface area contributed by atoms with E-state index in [1.807, 2.05) is 11.3 Å². The van der Waals surface area contributed by atoms with Crippen LogP contribution in [0, 0.1) is 5.92 Å². The minimum atomic E-state index is -1.65. The summed E-state index contributed by atoms with van der Waals surface area (Å²) in [5.74, 6) is 0.610. The van der Waals surface area contributed by atoms with Crippen molar-refractivity contribution in [1.82, 2.24) is 4.98 Å². The van der Waals surface area contributed by atoms with Gasteiger partial charge in [-0.15, -0.1) is 11.3 Å². The maximum Gasteiger partial charge on any atom is 0.0786 e. The molecular formula is C32H31NSSi. The highest BCUT2D eigenvalue weighted by atomic mass is 32.1. The fraction of sp³-hybridized carbons (Fsp3) is 0.219. The van der Waals surface area contributed by atoms with Crippen molar-refractivity contribution in [2.75, 3.05) is 0 Å². The molecular weight excluding hydrogens is 459 g/mol. The van der Waals surface area contributed by atoms with Gasteiger partial charge in [0.15, 0.2) is 0 Å². The van der Waals surface area contributed by atoms with Crippen LogP contribution in [-0.2, 0) is 6.42 Å². The molecule has 174 valence electrons. The highest BCUT2D eigenvalue weighted by molar-refractivity contribution is 7.26. The molecule has 0 saturated heterocycles. The van der Waals surface area contributed by atoms with E-state index >= 15 is 0 Å². The molecule has 0 bridgehead atoms. The Bertz CT molecular complexity index is 1740. The van der Waals surface area contributed by atoms with E-state index < -0.39 is 8.07 Å². The fourth-order valence-electron chi connectivity index (χ4n) is 5.40. The minimum Gasteiger partial charge on any atom is -0.248 e. The molecule has 0 N–H and O–H groups in total. The standard InChI is InChI=1S/C32H31NSSi/c1-20(2)16-21-17-25-24-12-8-9-13-29(24)34-32(25)26(18-21)28-19-30(35(3,4)5)31-23-11-7-6-10-22(23)14-15-27(31)33-28/h6-15,17-20H,16H2,1-5H3. The van der Waals surface area contributed by atoms with Gasteiger partial charge in [-0.25, -0.2) is 4.98 Å². The predicted octanol–water partition coefficient (Wildman–Crippen LogP) is 9.17. The number of fused-ring (bicyclic) bond motifs is 6. The van der Waals surface area contributed by atoms with Gasteiger partial charge in [0, 0.05) is 31.1 Å². The summed E-state index contributed by atoms with van der Waals surface area (Å²) in [6.45, 7) is 12.0. The van der Waals surface area contributed by atoms with Crippen LogP contribution in [-0.4, -0.2) is 13.1 Å². The molecule has 0 fully saturated rings. The first-order chi connectivity index (χ1) is 16.8. The molecule has 0 aliphatic heterocycles. The van der Waals surface area contributed by atoms with E-state index in [1.165, 1.54) is 52.6 Å². The second kappa shape index (κ2) is 8.29. The number of rotatable bonds is 4. The lowest BCUT2D eigenvalue weighted by Gasteiger charge is -2.22. The maximum atomic E-state index is 5.34. The van der Waals surface area contributed by atoms with E-state index in [4.69, 9.17) is 4.98 Å². The van der Waals surface area contributed by atoms with Crippen LogP contribution in [0.3, 0.4) is 0 Å². The quantitative estimate of drug-likeness (QED) is 0.178. The van der Waals surface area contributed by atoms with E-state index in [2.05, 4.69) is 112 Å². The molecule has 0 unspecified atom stereocenters. The van der Waals surface area contributed by atoms with E-state index in [-0.39, 0.29) is 0 Å². The summed E-state index contributed by atoms with van der Waals surface area (Å²) in [4.78, 5) is 5.34. The van der Waals surface area contributed by atoms with Gasteiger partial charge in [-0.1, -0.05) is 82.0 Å². The zero-order chi connectivity index (χ0) is 24.3. The first-order valence-corrected chi connectivity index (χ1v) is 16.9. The molecule has 0 aliphatic rings. The molecule has 2 heterocycles. The topological polar surface area (TPSA) is 12.9 Å². The Morgan fingerprint density at radius 3 is 2.31 bits per heavy atom. The third-order valence-corrected chi connectivity index (χ3v) is 10.2. The Balaban J connectivity index is 1.72. The van der Waals surface area contributed by atoms with Crippen molar-refractivity contribution in [3.8, 4) is 11.3 Å². The van der Waals surface area contributed by atoms with E-state index in [0.29, 0.717) is 5.92 Å². The average Bonchev–Trinajstić information content (AvgIpc) is 3.20. The monoisotopic (exact) mass is 489 g/mol. The van der Waals surface area contributed by atoms with Crippen LogP contribution >= 0.6 is 11.3 Å². The first kappa shape index (κ1) is 22.5. The number of thiophene rings is 1. The van der Waals surface area contributed by atoms with Crippen molar-refractivity contribution >= 4 is 66.4 Å². The number of hydrogen-bond acceptors (Lipinski definition) is 2. The lowest BCUT2D eigenvalue weighted by Crippen LogP contribution is -2.38. The molecule has 0 atom stereocenters. The molecule has 2 aromatic heterocycles. The van der Waals surface area contributed by atoms with E-state index in [0.717, 1.165) is 17.6 Å². The van der Waals surface area contributed by atoms with Gasteiger partial charge < -0.3 is 0 Å². The number of aromatic nitrogens is 1. The molecule has 6 aromatic rings. The van der Waals surface area contributed by atoms with Crippen LogP contribution in [0.2, 0.25) is 19.6 Å². The number of nitrogens with zero attached hydrogens (tertiary/aromatic N) is 1. The Kier molecular flexibility index (Phi) is 5.32. The van der Waals surface area contributed by atoms with Gasteiger partial charge >= 0.3 is 0 Å². The second-order valence-corrected chi connectivity index (χ2v) is 17.3. The fourth-order valence-corrected chi connectivity index (χ4v) is 8.19. The smallest absolute Gasteiger partial charge is 0.0786 e. The average molecular weight is 490 g/mol. The lowest BCUT2D eigenvalue weighted by molar-refractivity contribution is 0.648. The second-order valence-electron chi connectivity index (χ2n) is 11.2. The molecule has 1 nitrogen and oxygen atoms in total. The van der Waals surface area contributed by atoms with Crippen LogP contribution in [0.4, 0.5) is 0 Å². The van der Waals surface area contributed by atoms with E-state index in [1.54, 1.807) is 0 Å². The lowest BCUT2D eigenvalue weighted by atomic mass is 9.96. The summed E-state index contributed by atoms with van der Waals surface area (Å²) in [7, 11) is -1.65. The van der Waals surface area contributed by atoms with Crippen molar-refractivity contribution in [3.63, 3.8) is 0 Å². The summed E-state index contributed by atoms with van der Waals surface area (Å²) < 4.78 is 2.70. The van der Waals surface area contributed by atoms with Crippen molar-refractivity contribution < 1.29 is 0 Å². The Labute approximate surface area is 212 Å². The molecule has 0 spiro atoms. The number of pyridine rings is 1. The van der Waals surface area contributed by atoms with Crippen LogP contribution < -0.4 is 5.19 Å². The minimum absolute atomic E-state index is 0.610. The summed E-state index contributed by atoms with van der Waals surface area (Å²) in [5, 5.41) is 8.18. The van der Waals surface area contributed by atoms with Crippen molar-refractivity contribution in [2.24, 2.45) is 5.92 Å². The van der Waals surface area contributed by atoms with Crippen LogP contribution in [0.1, 0.15) is 19.4 Å². The Hall–Kier alpha value is -3.01. The zero-order valence-corrected chi connectivity index (χ0v) is 23.0. The summed E-state index contributed by atoms with van der Waals surface area (Å²) in [6, 6.07) is 29.3. The van der Waals surface area contributed by atoms with Crippen molar-refractivity contribution in [3.05, 3.63) is 84.4 Å². The largest absolute Gasteiger partial charge is 0.248 e. The van der Waals surface area contributed by atoms with Crippen LogP contribution in [0.25, 0.3) is 53.1 Å². The van der Waals surface area contributed by atoms with Gasteiger partial charge in [-0.2, -0.15) is 0 Å². The summed E-state index contributed by atoms with van der Waals surface area (Å²) in [6.07, 6.45) is 1.08. The van der Waals surface area contributed by atoms with Crippen molar-refractivity contribution in [1.29, 1.82) is 0 Å². The van der Waals surface area contributed by atoms with Crippen molar-refractivity contribution in [2.45, 2.75) is 39.9 Å². The molecule has 0 amide bonds. The van der Waals surface area contributed by atoms with Gasteiger partial charge in [-0.05, 0) is 64.2 Å². The molecule has 0 saturated carbocycles. The van der Waals surface area contributed by atoms with Gasteiger partial charge in [0.2, 0.25) is 0 Å². The summed E-state index contributed by atoms with van der Waals surface area (Å²) >= 11 is 1.90. The SMILES string of the molecule is CC(C)Cc1cc(-c2cc([Si](C)(C)C)c3c(ccc4ccccc43)n2)c2sc3ccccc3c2c1. The molecule has 6 rings (SSSR count). The molecule has 0 aliphatic carbocycles. The van der Waals surface area contributed by atoms with Gasteiger partial charge in [0.05, 0.1) is 19.3 Å². The van der Waals surface area contributed by atoms with Gasteiger partial charge in [0.1, 0.15) is 0 Å². The Morgan fingerprint density at radius 2 is 1.54 bits per heavy atom. The predicted molar refractivity (Wildman–Crippen MR) is 159 cm³/mol. The molecule has 3 heteroatoms. The van der Waals surface area contributed by atoms with Crippen LogP contribution in [0.5, 0.6) is 0 Å².